The molecule has 0 saturated carbocycles. The first-order chi connectivity index (χ1) is 10.6. The molecule has 2 heterocycles. The first-order valence-corrected chi connectivity index (χ1v) is 6.46. The molecule has 2 aromatic heterocycles. The number of carboxylic acid groups (broad SMARTS) is 1. The van der Waals surface area contributed by atoms with Gasteiger partial charge in [-0.1, -0.05) is 6.07 Å². The summed E-state index contributed by atoms with van der Waals surface area (Å²) in [6.45, 7) is 1.84. The number of furan rings is 1. The maximum absolute atomic E-state index is 10.9. The zero-order valence-corrected chi connectivity index (χ0v) is 11.7. The van der Waals surface area contributed by atoms with Crippen LogP contribution in [0.4, 0.5) is 0 Å². The van der Waals surface area contributed by atoms with E-state index in [-0.39, 0.29) is 5.56 Å². The van der Waals surface area contributed by atoms with Gasteiger partial charge < -0.3 is 9.52 Å². The highest BCUT2D eigenvalue weighted by molar-refractivity contribution is 5.89. The molecule has 0 aliphatic rings. The number of aromatic carboxylic acids is 1. The Morgan fingerprint density at radius 3 is 2.73 bits per heavy atom. The zero-order valence-electron chi connectivity index (χ0n) is 11.7. The number of nitrogens with zero attached hydrogens (tertiary/aromatic N) is 4. The normalized spacial score (nSPS) is 11.1. The number of hydrogen-bond donors (Lipinski definition) is 1. The van der Waals surface area contributed by atoms with Gasteiger partial charge >= 0.3 is 5.97 Å². The average molecular weight is 296 g/mol. The van der Waals surface area contributed by atoms with Gasteiger partial charge in [-0.05, 0) is 36.8 Å². The molecule has 1 aromatic carbocycles. The lowest BCUT2D eigenvalue weighted by Gasteiger charge is -2.03. The summed E-state index contributed by atoms with van der Waals surface area (Å²) < 4.78 is 7.15. The van der Waals surface area contributed by atoms with E-state index in [2.05, 4.69) is 15.3 Å². The molecular weight excluding hydrogens is 284 g/mol. The smallest absolute Gasteiger partial charge is 0.335 e. The third-order valence-electron chi connectivity index (χ3n) is 3.09. The van der Waals surface area contributed by atoms with E-state index in [9.17, 15) is 4.79 Å². The van der Waals surface area contributed by atoms with Crippen molar-refractivity contribution in [2.75, 3.05) is 0 Å². The monoisotopic (exact) mass is 296 g/mol. The predicted molar refractivity (Wildman–Crippen MR) is 78.9 cm³/mol. The van der Waals surface area contributed by atoms with Gasteiger partial charge in [-0.3, -0.25) is 0 Å². The van der Waals surface area contributed by atoms with Crippen molar-refractivity contribution in [3.05, 3.63) is 59.9 Å². The zero-order chi connectivity index (χ0) is 15.5. The van der Waals surface area contributed by atoms with E-state index in [1.54, 1.807) is 30.5 Å². The number of rotatable bonds is 4. The number of hydrogen-bond acceptors (Lipinski definition) is 5. The Morgan fingerprint density at radius 2 is 2.05 bits per heavy atom. The van der Waals surface area contributed by atoms with Crippen molar-refractivity contribution in [2.24, 2.45) is 5.10 Å². The lowest BCUT2D eigenvalue weighted by atomic mass is 10.0. The largest absolute Gasteiger partial charge is 0.478 e. The van der Waals surface area contributed by atoms with Crippen molar-refractivity contribution in [2.45, 2.75) is 6.92 Å². The first-order valence-electron chi connectivity index (χ1n) is 6.46. The van der Waals surface area contributed by atoms with E-state index in [1.165, 1.54) is 17.3 Å². The van der Waals surface area contributed by atoms with Gasteiger partial charge in [0.15, 0.2) is 0 Å². The Morgan fingerprint density at radius 1 is 1.27 bits per heavy atom. The molecule has 7 nitrogen and oxygen atoms in total. The second-order valence-electron chi connectivity index (χ2n) is 4.62. The average Bonchev–Trinajstić information content (AvgIpc) is 3.16. The van der Waals surface area contributed by atoms with Crippen molar-refractivity contribution in [1.82, 2.24) is 14.9 Å². The Hall–Kier alpha value is -3.22. The Labute approximate surface area is 125 Å². The molecule has 0 radical (unpaired) electrons. The molecule has 0 unspecified atom stereocenters. The van der Waals surface area contributed by atoms with E-state index in [1.807, 2.05) is 13.0 Å². The molecule has 0 saturated heterocycles. The topological polar surface area (TPSA) is 93.5 Å². The van der Waals surface area contributed by atoms with Crippen LogP contribution >= 0.6 is 0 Å². The molecule has 0 amide bonds. The van der Waals surface area contributed by atoms with E-state index in [0.717, 1.165) is 11.1 Å². The molecule has 0 fully saturated rings. The maximum atomic E-state index is 10.9. The lowest BCUT2D eigenvalue weighted by Crippen LogP contribution is -1.96. The first kappa shape index (κ1) is 13.7. The van der Waals surface area contributed by atoms with Gasteiger partial charge in [0, 0.05) is 5.56 Å². The van der Waals surface area contributed by atoms with Crippen LogP contribution in [-0.4, -0.2) is 32.2 Å². The SMILES string of the molecule is Cc1cc(C(=O)O)ccc1-c1ccc(C=Nn2cnnc2)o1. The summed E-state index contributed by atoms with van der Waals surface area (Å²) >= 11 is 0. The van der Waals surface area contributed by atoms with Crippen LogP contribution in [0, 0.1) is 6.92 Å². The highest BCUT2D eigenvalue weighted by atomic mass is 16.4. The minimum atomic E-state index is -0.948. The number of carboxylic acids is 1. The van der Waals surface area contributed by atoms with Crippen LogP contribution in [0.3, 0.4) is 0 Å². The van der Waals surface area contributed by atoms with E-state index < -0.39 is 5.97 Å². The second kappa shape index (κ2) is 5.65. The van der Waals surface area contributed by atoms with Gasteiger partial charge in [0.25, 0.3) is 0 Å². The second-order valence-corrected chi connectivity index (χ2v) is 4.62. The van der Waals surface area contributed by atoms with Crippen LogP contribution in [0.25, 0.3) is 11.3 Å². The van der Waals surface area contributed by atoms with Crippen LogP contribution in [-0.2, 0) is 0 Å². The van der Waals surface area contributed by atoms with Crippen LogP contribution in [0.2, 0.25) is 0 Å². The van der Waals surface area contributed by atoms with Gasteiger partial charge in [0.2, 0.25) is 0 Å². The van der Waals surface area contributed by atoms with Crippen LogP contribution in [0.5, 0.6) is 0 Å². The summed E-state index contributed by atoms with van der Waals surface area (Å²) in [4.78, 5) is 10.9. The molecule has 7 heteroatoms. The summed E-state index contributed by atoms with van der Waals surface area (Å²) in [5.41, 5.74) is 1.92. The summed E-state index contributed by atoms with van der Waals surface area (Å²) in [5, 5.41) is 20.4. The van der Waals surface area contributed by atoms with Crippen LogP contribution in [0.1, 0.15) is 21.7 Å². The Balaban J connectivity index is 1.86. The Kier molecular flexibility index (Phi) is 3.53. The lowest BCUT2D eigenvalue weighted by molar-refractivity contribution is 0.0697. The molecule has 0 aliphatic carbocycles. The number of benzene rings is 1. The fraction of sp³-hybridized carbons (Fsp3) is 0.0667. The number of carbonyl (C=O) groups is 1. The molecule has 0 bridgehead atoms. The van der Waals surface area contributed by atoms with Gasteiger partial charge in [-0.25, -0.2) is 9.47 Å². The van der Waals surface area contributed by atoms with Gasteiger partial charge in [-0.2, -0.15) is 5.10 Å². The summed E-state index contributed by atoms with van der Waals surface area (Å²) in [5.74, 6) is 0.279. The molecule has 0 spiro atoms. The standard InChI is InChI=1S/C15H12N4O3/c1-10-6-11(15(20)21)2-4-13(10)14-5-3-12(22-14)7-18-19-8-16-17-9-19/h2-9H,1H3,(H,20,21). The number of aryl methyl sites for hydroxylation is 1. The molecule has 0 aliphatic heterocycles. The van der Waals surface area contributed by atoms with Crippen molar-refractivity contribution in [3.8, 4) is 11.3 Å². The maximum Gasteiger partial charge on any atom is 0.335 e. The van der Waals surface area contributed by atoms with Crippen molar-refractivity contribution >= 4 is 12.2 Å². The quantitative estimate of drug-likeness (QED) is 0.746. The molecule has 0 atom stereocenters. The third-order valence-corrected chi connectivity index (χ3v) is 3.09. The fourth-order valence-electron chi connectivity index (χ4n) is 2.02. The van der Waals surface area contributed by atoms with Crippen molar-refractivity contribution in [1.29, 1.82) is 0 Å². The summed E-state index contributed by atoms with van der Waals surface area (Å²) in [7, 11) is 0. The molecular formula is C15H12N4O3. The van der Waals surface area contributed by atoms with Gasteiger partial charge in [0.1, 0.15) is 24.2 Å². The highest BCUT2D eigenvalue weighted by Crippen LogP contribution is 2.26. The van der Waals surface area contributed by atoms with Crippen LogP contribution < -0.4 is 0 Å². The van der Waals surface area contributed by atoms with Crippen LogP contribution in [0.15, 0.2) is 52.5 Å². The molecule has 1 N–H and O–H groups in total. The van der Waals surface area contributed by atoms with Crippen molar-refractivity contribution in [3.63, 3.8) is 0 Å². The summed E-state index contributed by atoms with van der Waals surface area (Å²) in [6, 6.07) is 8.51. The Bertz CT molecular complexity index is 834. The number of aromatic nitrogens is 3. The molecule has 22 heavy (non-hydrogen) atoms. The third kappa shape index (κ3) is 2.78. The van der Waals surface area contributed by atoms with E-state index >= 15 is 0 Å². The predicted octanol–water partition coefficient (Wildman–Crippen LogP) is 2.43. The molecule has 3 aromatic rings. The minimum Gasteiger partial charge on any atom is -0.478 e. The van der Waals surface area contributed by atoms with E-state index in [4.69, 9.17) is 9.52 Å². The van der Waals surface area contributed by atoms with E-state index in [0.29, 0.717) is 11.5 Å². The summed E-state index contributed by atoms with van der Waals surface area (Å²) in [6.07, 6.45) is 4.48. The van der Waals surface area contributed by atoms with Gasteiger partial charge in [-0.15, -0.1) is 10.2 Å². The van der Waals surface area contributed by atoms with Gasteiger partial charge in [0.05, 0.1) is 11.8 Å². The van der Waals surface area contributed by atoms with Crippen molar-refractivity contribution < 1.29 is 14.3 Å². The highest BCUT2D eigenvalue weighted by Gasteiger charge is 2.10. The molecule has 3 rings (SSSR count). The fourth-order valence-corrected chi connectivity index (χ4v) is 2.02. The molecule has 110 valence electrons. The minimum absolute atomic E-state index is 0.252.